The van der Waals surface area contributed by atoms with Gasteiger partial charge < -0.3 is 0 Å². The number of Topliss-reactive ketones (excluding diaryl/α,β-unsaturated/α-hetero) is 2. The number of hydrogen-bond donors (Lipinski definition) is 0. The van der Waals surface area contributed by atoms with Gasteiger partial charge in [0.15, 0.2) is 0 Å². The molecule has 0 aromatic rings. The van der Waals surface area contributed by atoms with Crippen LogP contribution >= 0.6 is 10.3 Å². The highest BCUT2D eigenvalue weighted by Crippen LogP contribution is 2.54. The van der Waals surface area contributed by atoms with E-state index in [1.807, 2.05) is 13.8 Å². The van der Waals surface area contributed by atoms with Gasteiger partial charge in [0.05, 0.1) is 11.5 Å². The zero-order valence-corrected chi connectivity index (χ0v) is 15.3. The van der Waals surface area contributed by atoms with E-state index in [0.29, 0.717) is 37.2 Å². The molecule has 0 amide bonds. The van der Waals surface area contributed by atoms with Gasteiger partial charge in [0.2, 0.25) is 0 Å². The van der Waals surface area contributed by atoms with Crippen LogP contribution in [0.25, 0.3) is 0 Å². The van der Waals surface area contributed by atoms with Gasteiger partial charge in [-0.2, -0.15) is 8.42 Å². The molecular formula is C15H28O5S2. The summed E-state index contributed by atoms with van der Waals surface area (Å²) in [5.74, 6) is 1.21. The molecule has 1 aliphatic heterocycles. The summed E-state index contributed by atoms with van der Waals surface area (Å²) < 4.78 is 29.8. The Kier molecular flexibility index (Phi) is 8.07. The van der Waals surface area contributed by atoms with E-state index in [0.717, 1.165) is 19.3 Å². The number of ketones is 2. The third-order valence-corrected chi connectivity index (χ3v) is 9.25. The highest BCUT2D eigenvalue weighted by molar-refractivity contribution is 8.33. The smallest absolute Gasteiger partial charge is 0.276 e. The van der Waals surface area contributed by atoms with Crippen molar-refractivity contribution < 1.29 is 21.6 Å². The molecule has 1 heterocycles. The van der Waals surface area contributed by atoms with Crippen LogP contribution in [-0.2, 0) is 23.3 Å². The molecule has 1 rings (SSSR count). The van der Waals surface area contributed by atoms with Gasteiger partial charge >= 0.3 is 0 Å². The Morgan fingerprint density at radius 1 is 1.14 bits per heavy atom. The maximum absolute atomic E-state index is 12.1. The summed E-state index contributed by atoms with van der Waals surface area (Å²) in [6.07, 6.45) is 4.22. The molecule has 1 fully saturated rings. The summed E-state index contributed by atoms with van der Waals surface area (Å²) in [5.41, 5.74) is 0. The molecule has 0 saturated carbocycles. The van der Waals surface area contributed by atoms with Crippen LogP contribution in [0.2, 0.25) is 0 Å². The van der Waals surface area contributed by atoms with Gasteiger partial charge in [-0.05, 0) is 12.8 Å². The monoisotopic (exact) mass is 352 g/mol. The van der Waals surface area contributed by atoms with Crippen molar-refractivity contribution in [3.8, 4) is 0 Å². The van der Waals surface area contributed by atoms with E-state index in [-0.39, 0.29) is 23.1 Å². The van der Waals surface area contributed by atoms with Crippen molar-refractivity contribution in [1.82, 2.24) is 0 Å². The number of rotatable bonds is 10. The van der Waals surface area contributed by atoms with Crippen molar-refractivity contribution in [1.29, 1.82) is 0 Å². The molecule has 1 aliphatic rings. The minimum atomic E-state index is -3.61. The quantitative estimate of drug-likeness (QED) is 0.604. The lowest BCUT2D eigenvalue weighted by Gasteiger charge is -2.40. The van der Waals surface area contributed by atoms with Crippen LogP contribution in [0.1, 0.15) is 58.8 Å². The normalized spacial score (nSPS) is 19.8. The second kappa shape index (κ2) is 9.03. The van der Waals surface area contributed by atoms with Crippen LogP contribution < -0.4 is 0 Å². The van der Waals surface area contributed by atoms with Gasteiger partial charge in [-0.25, -0.2) is 3.63 Å². The molecule has 7 heteroatoms. The first-order valence-corrected chi connectivity index (χ1v) is 11.7. The van der Waals surface area contributed by atoms with Crippen molar-refractivity contribution in [3.63, 3.8) is 0 Å². The van der Waals surface area contributed by atoms with Gasteiger partial charge in [-0.15, -0.1) is 10.3 Å². The maximum Gasteiger partial charge on any atom is 0.276 e. The molecule has 0 unspecified atom stereocenters. The fraction of sp³-hybridized carbons (Fsp3) is 0.867. The van der Waals surface area contributed by atoms with E-state index >= 15 is 0 Å². The van der Waals surface area contributed by atoms with E-state index < -0.39 is 20.4 Å². The van der Waals surface area contributed by atoms with Gasteiger partial charge in [-0.3, -0.25) is 9.59 Å². The third-order valence-electron chi connectivity index (χ3n) is 3.73. The lowest BCUT2D eigenvalue weighted by molar-refractivity contribution is -0.119. The van der Waals surface area contributed by atoms with Gasteiger partial charge in [0.1, 0.15) is 11.6 Å². The predicted octanol–water partition coefficient (Wildman–Crippen LogP) is 2.97. The second-order valence-electron chi connectivity index (χ2n) is 5.88. The lowest BCUT2D eigenvalue weighted by Crippen LogP contribution is -2.30. The van der Waals surface area contributed by atoms with Crippen molar-refractivity contribution in [2.75, 3.05) is 23.0 Å². The molecule has 130 valence electrons. The predicted molar refractivity (Wildman–Crippen MR) is 90.7 cm³/mol. The van der Waals surface area contributed by atoms with E-state index in [2.05, 4.69) is 0 Å². The fourth-order valence-electron chi connectivity index (χ4n) is 2.38. The number of unbranched alkanes of at least 4 members (excludes halogenated alkanes) is 2. The molecule has 0 bridgehead atoms. The second-order valence-corrected chi connectivity index (χ2v) is 11.0. The Morgan fingerprint density at radius 2 is 1.73 bits per heavy atom. The minimum absolute atomic E-state index is 0.00462. The summed E-state index contributed by atoms with van der Waals surface area (Å²) in [4.78, 5) is 23.6. The van der Waals surface area contributed by atoms with Crippen LogP contribution in [0.4, 0.5) is 0 Å². The van der Waals surface area contributed by atoms with Crippen LogP contribution in [0, 0.1) is 0 Å². The molecule has 0 aliphatic carbocycles. The molecule has 0 N–H and O–H groups in total. The van der Waals surface area contributed by atoms with Gasteiger partial charge in [0, 0.05) is 30.8 Å². The Bertz CT molecular complexity index is 474. The molecule has 0 aromatic heterocycles. The lowest BCUT2D eigenvalue weighted by atomic mass is 10.2. The van der Waals surface area contributed by atoms with Crippen LogP contribution in [-0.4, -0.2) is 43.0 Å². The number of carbonyl (C=O) groups excluding carboxylic acids is 2. The van der Waals surface area contributed by atoms with E-state index in [1.165, 1.54) is 0 Å². The first kappa shape index (κ1) is 19.6. The molecule has 5 nitrogen and oxygen atoms in total. The molecular weight excluding hydrogens is 324 g/mol. The number of carbonyl (C=O) groups is 2. The summed E-state index contributed by atoms with van der Waals surface area (Å²) in [5, 5.41) is 0. The topological polar surface area (TPSA) is 77.5 Å². The summed E-state index contributed by atoms with van der Waals surface area (Å²) in [7, 11) is -5.62. The number of hydrogen-bond acceptors (Lipinski definition) is 5. The average molecular weight is 353 g/mol. The zero-order valence-electron chi connectivity index (χ0n) is 13.6. The van der Waals surface area contributed by atoms with Crippen LogP contribution in [0.15, 0.2) is 0 Å². The highest BCUT2D eigenvalue weighted by atomic mass is 32.3. The summed E-state index contributed by atoms with van der Waals surface area (Å²) >= 11 is 0. The van der Waals surface area contributed by atoms with E-state index in [4.69, 9.17) is 3.63 Å². The Hall–Kier alpha value is -0.400. The molecule has 1 saturated heterocycles. The van der Waals surface area contributed by atoms with E-state index in [1.54, 1.807) is 0 Å². The molecule has 0 radical (unpaired) electrons. The summed E-state index contributed by atoms with van der Waals surface area (Å²) in [6, 6.07) is 0. The SMILES string of the molecule is CCCCC(=O)CS1(OS(=O)(=O)CCCC)CCC(=O)CC1. The van der Waals surface area contributed by atoms with Crippen molar-refractivity contribution in [3.05, 3.63) is 0 Å². The molecule has 22 heavy (non-hydrogen) atoms. The third kappa shape index (κ3) is 6.79. The highest BCUT2D eigenvalue weighted by Gasteiger charge is 2.36. The Balaban J connectivity index is 2.78. The molecule has 0 atom stereocenters. The zero-order chi connectivity index (χ0) is 16.6. The molecule has 0 spiro atoms. The maximum atomic E-state index is 12.1. The Morgan fingerprint density at radius 3 is 2.27 bits per heavy atom. The van der Waals surface area contributed by atoms with Crippen LogP contribution in [0.3, 0.4) is 0 Å². The summed E-state index contributed by atoms with van der Waals surface area (Å²) in [6.45, 7) is 3.94. The van der Waals surface area contributed by atoms with Crippen LogP contribution in [0.5, 0.6) is 0 Å². The van der Waals surface area contributed by atoms with Gasteiger partial charge in [0.25, 0.3) is 10.1 Å². The fourth-order valence-corrected chi connectivity index (χ4v) is 8.21. The Labute approximate surface area is 135 Å². The minimum Gasteiger partial charge on any atom is -0.300 e. The largest absolute Gasteiger partial charge is 0.300 e. The van der Waals surface area contributed by atoms with Crippen molar-refractivity contribution in [2.24, 2.45) is 0 Å². The molecule has 0 aromatic carbocycles. The standard InChI is InChI=1S/C15H28O5S2/c1-3-5-7-15(17)13-21(11-8-14(16)9-12-21)20-22(18,19)10-6-4-2/h3-13H2,1-2H3. The van der Waals surface area contributed by atoms with Gasteiger partial charge in [-0.1, -0.05) is 26.7 Å². The van der Waals surface area contributed by atoms with Crippen molar-refractivity contribution >= 4 is 32.0 Å². The van der Waals surface area contributed by atoms with E-state index in [9.17, 15) is 18.0 Å². The van der Waals surface area contributed by atoms with Crippen molar-refractivity contribution in [2.45, 2.75) is 58.8 Å². The first-order valence-electron chi connectivity index (χ1n) is 8.06. The average Bonchev–Trinajstić information content (AvgIpc) is 2.46. The first-order chi connectivity index (χ1) is 10.3.